The molecule has 2 aliphatic rings. The van der Waals surface area contributed by atoms with E-state index in [0.717, 1.165) is 63.6 Å². The summed E-state index contributed by atoms with van der Waals surface area (Å²) in [6, 6.07) is 9.72. The summed E-state index contributed by atoms with van der Waals surface area (Å²) in [6.45, 7) is 6.52. The van der Waals surface area contributed by atoms with Crippen molar-refractivity contribution in [3.63, 3.8) is 0 Å². The van der Waals surface area contributed by atoms with E-state index in [9.17, 15) is 4.79 Å². The fourth-order valence-electron chi connectivity index (χ4n) is 3.76. The van der Waals surface area contributed by atoms with Crippen LogP contribution >= 0.6 is 0 Å². The highest BCUT2D eigenvalue weighted by molar-refractivity contribution is 5.80. The van der Waals surface area contributed by atoms with E-state index in [0.29, 0.717) is 18.7 Å². The summed E-state index contributed by atoms with van der Waals surface area (Å²) < 4.78 is 0. The maximum Gasteiger partial charge on any atom is 0.236 e. The summed E-state index contributed by atoms with van der Waals surface area (Å²) in [5.41, 5.74) is 1.79. The van der Waals surface area contributed by atoms with Crippen molar-refractivity contribution < 1.29 is 4.79 Å². The number of carbonyl (C=O) groups is 1. The van der Waals surface area contributed by atoms with Crippen LogP contribution in [0.15, 0.2) is 29.3 Å². The first kappa shape index (κ1) is 20.2. The highest BCUT2D eigenvalue weighted by Crippen LogP contribution is 2.10. The largest absolute Gasteiger partial charge is 0.352 e. The van der Waals surface area contributed by atoms with Crippen molar-refractivity contribution in [2.24, 2.45) is 4.99 Å². The molecule has 3 rings (SSSR count). The molecular weight excluding hydrogens is 352 g/mol. The molecule has 7 nitrogen and oxygen atoms in total. The fourth-order valence-corrected chi connectivity index (χ4v) is 3.76. The smallest absolute Gasteiger partial charge is 0.236 e. The normalized spacial score (nSPS) is 18.6. The van der Waals surface area contributed by atoms with Crippen LogP contribution in [0, 0.1) is 11.3 Å². The van der Waals surface area contributed by atoms with Gasteiger partial charge < -0.3 is 15.1 Å². The summed E-state index contributed by atoms with van der Waals surface area (Å²) in [5, 5.41) is 12.3. The van der Waals surface area contributed by atoms with Crippen molar-refractivity contribution in [1.82, 2.24) is 20.0 Å². The Morgan fingerprint density at radius 2 is 1.71 bits per heavy atom. The standard InChI is InChI=1S/C21H30N6O/c1-23-21(24-16-19-7-5-18(15-22)6-8-19)27-13-11-25(12-14-27)17-20(28)26-9-3-2-4-10-26/h5-8H,2-4,9-14,16-17H2,1H3,(H,23,24). The minimum absolute atomic E-state index is 0.275. The third-order valence-electron chi connectivity index (χ3n) is 5.48. The topological polar surface area (TPSA) is 75.0 Å². The molecule has 7 heteroatoms. The van der Waals surface area contributed by atoms with Gasteiger partial charge in [-0.3, -0.25) is 14.7 Å². The summed E-state index contributed by atoms with van der Waals surface area (Å²) in [4.78, 5) is 23.4. The Bertz CT molecular complexity index is 709. The van der Waals surface area contributed by atoms with Crippen molar-refractivity contribution in [2.75, 3.05) is 52.9 Å². The Morgan fingerprint density at radius 3 is 2.32 bits per heavy atom. The fraction of sp³-hybridized carbons (Fsp3) is 0.571. The van der Waals surface area contributed by atoms with E-state index in [1.165, 1.54) is 6.42 Å². The number of nitriles is 1. The first-order chi connectivity index (χ1) is 13.7. The minimum atomic E-state index is 0.275. The van der Waals surface area contributed by atoms with E-state index in [4.69, 9.17) is 5.26 Å². The molecule has 28 heavy (non-hydrogen) atoms. The van der Waals surface area contributed by atoms with Crippen molar-refractivity contribution >= 4 is 11.9 Å². The lowest BCUT2D eigenvalue weighted by molar-refractivity contribution is -0.133. The molecule has 1 N–H and O–H groups in total. The molecule has 2 heterocycles. The molecule has 0 spiro atoms. The number of nitrogens with zero attached hydrogens (tertiary/aromatic N) is 5. The van der Waals surface area contributed by atoms with Crippen LogP contribution < -0.4 is 5.32 Å². The number of benzene rings is 1. The maximum atomic E-state index is 12.5. The average molecular weight is 383 g/mol. The molecule has 0 saturated carbocycles. The van der Waals surface area contributed by atoms with Gasteiger partial charge in [0.25, 0.3) is 0 Å². The van der Waals surface area contributed by atoms with E-state index in [1.807, 2.05) is 29.2 Å². The molecule has 1 amide bonds. The Balaban J connectivity index is 1.43. The summed E-state index contributed by atoms with van der Waals surface area (Å²) in [7, 11) is 1.80. The van der Waals surface area contributed by atoms with Gasteiger partial charge in [-0.25, -0.2) is 0 Å². The van der Waals surface area contributed by atoms with Crippen LogP contribution in [-0.4, -0.2) is 79.4 Å². The SMILES string of the molecule is CN=C(NCc1ccc(C#N)cc1)N1CCN(CC(=O)N2CCCCC2)CC1. The van der Waals surface area contributed by atoms with E-state index >= 15 is 0 Å². The minimum Gasteiger partial charge on any atom is -0.352 e. The number of amides is 1. The molecule has 0 aromatic heterocycles. The predicted molar refractivity (Wildman–Crippen MR) is 110 cm³/mol. The Labute approximate surface area is 167 Å². The Morgan fingerprint density at radius 1 is 1.04 bits per heavy atom. The summed E-state index contributed by atoms with van der Waals surface area (Å²) in [6.07, 6.45) is 3.53. The molecule has 2 aliphatic heterocycles. The van der Waals surface area contributed by atoms with E-state index in [-0.39, 0.29) is 5.91 Å². The molecule has 1 aromatic carbocycles. The lowest BCUT2D eigenvalue weighted by Gasteiger charge is -2.37. The first-order valence-electron chi connectivity index (χ1n) is 10.1. The second-order valence-corrected chi connectivity index (χ2v) is 7.41. The van der Waals surface area contributed by atoms with Crippen LogP contribution in [0.2, 0.25) is 0 Å². The number of likely N-dealkylation sites (tertiary alicyclic amines) is 1. The van der Waals surface area contributed by atoms with Crippen LogP contribution in [-0.2, 0) is 11.3 Å². The van der Waals surface area contributed by atoms with Crippen LogP contribution in [0.5, 0.6) is 0 Å². The number of rotatable bonds is 4. The third kappa shape index (κ3) is 5.46. The van der Waals surface area contributed by atoms with Gasteiger partial charge in [0, 0.05) is 52.9 Å². The maximum absolute atomic E-state index is 12.5. The number of piperidine rings is 1. The number of piperazine rings is 1. The Hall–Kier alpha value is -2.59. The van der Waals surface area contributed by atoms with Crippen molar-refractivity contribution in [1.29, 1.82) is 5.26 Å². The van der Waals surface area contributed by atoms with Gasteiger partial charge in [0.1, 0.15) is 0 Å². The number of nitrogens with one attached hydrogen (secondary N) is 1. The number of carbonyl (C=O) groups excluding carboxylic acids is 1. The molecule has 0 aliphatic carbocycles. The predicted octanol–water partition coefficient (Wildman–Crippen LogP) is 1.26. The van der Waals surface area contributed by atoms with Gasteiger partial charge in [-0.2, -0.15) is 5.26 Å². The average Bonchev–Trinajstić information content (AvgIpc) is 2.76. The quantitative estimate of drug-likeness (QED) is 0.627. The monoisotopic (exact) mass is 382 g/mol. The van der Waals surface area contributed by atoms with Crippen LogP contribution in [0.4, 0.5) is 0 Å². The second kappa shape index (κ2) is 10.1. The molecule has 0 bridgehead atoms. The van der Waals surface area contributed by atoms with Gasteiger partial charge in [0.2, 0.25) is 5.91 Å². The van der Waals surface area contributed by atoms with Gasteiger partial charge >= 0.3 is 0 Å². The van der Waals surface area contributed by atoms with Crippen molar-refractivity contribution in [3.05, 3.63) is 35.4 Å². The number of guanidine groups is 1. The second-order valence-electron chi connectivity index (χ2n) is 7.41. The van der Waals surface area contributed by atoms with Crippen molar-refractivity contribution in [3.8, 4) is 6.07 Å². The van der Waals surface area contributed by atoms with Crippen LogP contribution in [0.3, 0.4) is 0 Å². The third-order valence-corrected chi connectivity index (χ3v) is 5.48. The summed E-state index contributed by atoms with van der Waals surface area (Å²) >= 11 is 0. The molecule has 0 atom stereocenters. The van der Waals surface area contributed by atoms with Crippen LogP contribution in [0.25, 0.3) is 0 Å². The Kier molecular flexibility index (Phi) is 7.26. The van der Waals surface area contributed by atoms with Gasteiger partial charge in [0.05, 0.1) is 18.2 Å². The molecule has 2 saturated heterocycles. The van der Waals surface area contributed by atoms with Gasteiger partial charge in [-0.15, -0.1) is 0 Å². The lowest BCUT2D eigenvalue weighted by atomic mass is 10.1. The zero-order valence-corrected chi connectivity index (χ0v) is 16.7. The number of hydrogen-bond donors (Lipinski definition) is 1. The highest BCUT2D eigenvalue weighted by atomic mass is 16.2. The highest BCUT2D eigenvalue weighted by Gasteiger charge is 2.23. The number of hydrogen-bond acceptors (Lipinski definition) is 4. The van der Waals surface area contributed by atoms with Gasteiger partial charge in [-0.1, -0.05) is 12.1 Å². The zero-order valence-electron chi connectivity index (χ0n) is 16.7. The summed E-state index contributed by atoms with van der Waals surface area (Å²) in [5.74, 6) is 1.16. The lowest BCUT2D eigenvalue weighted by Crippen LogP contribution is -2.54. The molecule has 0 radical (unpaired) electrons. The van der Waals surface area contributed by atoms with E-state index in [2.05, 4.69) is 26.2 Å². The van der Waals surface area contributed by atoms with Crippen molar-refractivity contribution in [2.45, 2.75) is 25.8 Å². The van der Waals surface area contributed by atoms with Gasteiger partial charge in [0.15, 0.2) is 5.96 Å². The van der Waals surface area contributed by atoms with E-state index in [1.54, 1.807) is 7.05 Å². The molecule has 150 valence electrons. The molecular formula is C21H30N6O. The number of aliphatic imine (C=N–C) groups is 1. The van der Waals surface area contributed by atoms with Gasteiger partial charge in [-0.05, 0) is 37.0 Å². The van der Waals surface area contributed by atoms with E-state index < -0.39 is 0 Å². The molecule has 1 aromatic rings. The zero-order chi connectivity index (χ0) is 19.8. The molecule has 2 fully saturated rings. The first-order valence-corrected chi connectivity index (χ1v) is 10.1. The molecule has 0 unspecified atom stereocenters. The van der Waals surface area contributed by atoms with Crippen LogP contribution in [0.1, 0.15) is 30.4 Å².